The molecule has 0 atom stereocenters. The first kappa shape index (κ1) is 16.8. The van der Waals surface area contributed by atoms with E-state index in [9.17, 15) is 14.9 Å². The molecule has 1 aliphatic rings. The highest BCUT2D eigenvalue weighted by atomic mass is 32.1. The number of carbonyl (C=O) groups is 1. The van der Waals surface area contributed by atoms with Crippen LogP contribution in [0, 0.1) is 10.1 Å². The number of fused-ring (bicyclic) bond motifs is 1. The van der Waals surface area contributed by atoms with E-state index in [1.807, 2.05) is 0 Å². The average Bonchev–Trinajstić information content (AvgIpc) is 3.02. The molecule has 24 heavy (non-hydrogen) atoms. The largest absolute Gasteiger partial charge is 0.351 e. The Hall–Kier alpha value is -2.03. The molecule has 1 aromatic carbocycles. The lowest BCUT2D eigenvalue weighted by Gasteiger charge is -2.27. The van der Waals surface area contributed by atoms with Crippen molar-refractivity contribution >= 4 is 33.0 Å². The number of nitro benzene ring substituents is 1. The Balaban J connectivity index is 1.52. The van der Waals surface area contributed by atoms with Crippen molar-refractivity contribution in [3.8, 4) is 0 Å². The van der Waals surface area contributed by atoms with E-state index in [1.54, 1.807) is 12.1 Å². The van der Waals surface area contributed by atoms with Gasteiger partial charge in [0.25, 0.3) is 11.6 Å². The standard InChI is InChI=1S/C16H20N4O3S/c21-16(18-4-1-7-19-8-5-17-6-9-19)15-11-12-10-13(20(22)23)2-3-14(12)24-15/h2-3,10-11,17H,1,4-9H2,(H,18,21). The number of nitro groups is 1. The van der Waals surface area contributed by atoms with Crippen molar-refractivity contribution in [1.29, 1.82) is 0 Å². The van der Waals surface area contributed by atoms with E-state index in [2.05, 4.69) is 15.5 Å². The van der Waals surface area contributed by atoms with Crippen LogP contribution in [0.3, 0.4) is 0 Å². The number of amides is 1. The van der Waals surface area contributed by atoms with Crippen LogP contribution in [0.1, 0.15) is 16.1 Å². The number of carbonyl (C=O) groups excluding carboxylic acids is 1. The quantitative estimate of drug-likeness (QED) is 0.472. The lowest BCUT2D eigenvalue weighted by Crippen LogP contribution is -2.44. The molecule has 128 valence electrons. The topological polar surface area (TPSA) is 87.5 Å². The molecule has 2 aromatic rings. The molecule has 0 radical (unpaired) electrons. The Kier molecular flexibility index (Phi) is 5.39. The molecule has 1 saturated heterocycles. The van der Waals surface area contributed by atoms with Crippen LogP contribution in [0.5, 0.6) is 0 Å². The van der Waals surface area contributed by atoms with Crippen LogP contribution in [-0.4, -0.2) is 55.0 Å². The van der Waals surface area contributed by atoms with E-state index in [-0.39, 0.29) is 11.6 Å². The van der Waals surface area contributed by atoms with Gasteiger partial charge >= 0.3 is 0 Å². The molecule has 3 rings (SSSR count). The van der Waals surface area contributed by atoms with Gasteiger partial charge in [0.15, 0.2) is 0 Å². The molecule has 1 amide bonds. The zero-order chi connectivity index (χ0) is 16.9. The maximum Gasteiger partial charge on any atom is 0.270 e. The molecular weight excluding hydrogens is 328 g/mol. The number of hydrogen-bond donors (Lipinski definition) is 2. The van der Waals surface area contributed by atoms with Crippen LogP contribution in [0.4, 0.5) is 5.69 Å². The molecule has 0 saturated carbocycles. The maximum absolute atomic E-state index is 12.2. The summed E-state index contributed by atoms with van der Waals surface area (Å²) in [5, 5.41) is 17.8. The summed E-state index contributed by atoms with van der Waals surface area (Å²) in [6.45, 7) is 5.80. The van der Waals surface area contributed by atoms with E-state index in [1.165, 1.54) is 23.5 Å². The van der Waals surface area contributed by atoms with Gasteiger partial charge in [-0.1, -0.05) is 0 Å². The molecule has 0 bridgehead atoms. The second kappa shape index (κ2) is 7.69. The Morgan fingerprint density at radius 3 is 2.88 bits per heavy atom. The molecule has 1 aromatic heterocycles. The molecular formula is C16H20N4O3S. The lowest BCUT2D eigenvalue weighted by atomic mass is 10.2. The van der Waals surface area contributed by atoms with Crippen molar-refractivity contribution in [3.63, 3.8) is 0 Å². The number of rotatable bonds is 6. The predicted octanol–water partition coefficient (Wildman–Crippen LogP) is 1.83. The molecule has 0 unspecified atom stereocenters. The van der Waals surface area contributed by atoms with E-state index >= 15 is 0 Å². The van der Waals surface area contributed by atoms with Crippen LogP contribution < -0.4 is 10.6 Å². The molecule has 2 heterocycles. The Labute approximate surface area is 143 Å². The fourth-order valence-electron chi connectivity index (χ4n) is 2.78. The molecule has 2 N–H and O–H groups in total. The minimum absolute atomic E-state index is 0.0447. The van der Waals surface area contributed by atoms with Gasteiger partial charge in [-0.25, -0.2) is 0 Å². The molecule has 0 spiro atoms. The number of benzene rings is 1. The van der Waals surface area contributed by atoms with E-state index in [4.69, 9.17) is 0 Å². The van der Waals surface area contributed by atoms with Gasteiger partial charge in [-0.05, 0) is 25.1 Å². The number of non-ortho nitro benzene ring substituents is 1. The van der Waals surface area contributed by atoms with Crippen LogP contribution in [0.2, 0.25) is 0 Å². The highest BCUT2D eigenvalue weighted by molar-refractivity contribution is 7.20. The summed E-state index contributed by atoms with van der Waals surface area (Å²) in [6, 6.07) is 6.39. The Bertz CT molecular complexity index is 740. The van der Waals surface area contributed by atoms with Gasteiger partial charge in [-0.2, -0.15) is 0 Å². The second-order valence-corrected chi connectivity index (χ2v) is 6.87. The predicted molar refractivity (Wildman–Crippen MR) is 94.7 cm³/mol. The van der Waals surface area contributed by atoms with Crippen LogP contribution in [0.15, 0.2) is 24.3 Å². The number of hydrogen-bond acceptors (Lipinski definition) is 6. The molecule has 7 nitrogen and oxygen atoms in total. The maximum atomic E-state index is 12.2. The summed E-state index contributed by atoms with van der Waals surface area (Å²) in [5.41, 5.74) is 0.0447. The highest BCUT2D eigenvalue weighted by Crippen LogP contribution is 2.28. The average molecular weight is 348 g/mol. The summed E-state index contributed by atoms with van der Waals surface area (Å²) in [5.74, 6) is -0.112. The van der Waals surface area contributed by atoms with Crippen molar-refractivity contribution < 1.29 is 9.72 Å². The van der Waals surface area contributed by atoms with Crippen LogP contribution in [-0.2, 0) is 0 Å². The normalized spacial score (nSPS) is 15.5. The zero-order valence-electron chi connectivity index (χ0n) is 13.3. The Morgan fingerprint density at radius 2 is 2.12 bits per heavy atom. The first-order chi connectivity index (χ1) is 11.6. The van der Waals surface area contributed by atoms with Gasteiger partial charge in [0, 0.05) is 54.9 Å². The number of nitrogens with zero attached hydrogens (tertiary/aromatic N) is 2. The zero-order valence-corrected chi connectivity index (χ0v) is 14.1. The summed E-state index contributed by atoms with van der Waals surface area (Å²) < 4.78 is 0.881. The van der Waals surface area contributed by atoms with Crippen LogP contribution in [0.25, 0.3) is 10.1 Å². The third kappa shape index (κ3) is 4.08. The number of nitrogens with one attached hydrogen (secondary N) is 2. The van der Waals surface area contributed by atoms with Gasteiger partial charge in [-0.15, -0.1) is 11.3 Å². The van der Waals surface area contributed by atoms with Crippen LogP contribution >= 0.6 is 11.3 Å². The van der Waals surface area contributed by atoms with Crippen molar-refractivity contribution in [3.05, 3.63) is 39.3 Å². The Morgan fingerprint density at radius 1 is 1.33 bits per heavy atom. The van der Waals surface area contributed by atoms with Crippen molar-refractivity contribution in [1.82, 2.24) is 15.5 Å². The van der Waals surface area contributed by atoms with E-state index in [0.717, 1.165) is 49.2 Å². The van der Waals surface area contributed by atoms with Gasteiger partial charge in [0.2, 0.25) is 0 Å². The van der Waals surface area contributed by atoms with E-state index < -0.39 is 4.92 Å². The first-order valence-corrected chi connectivity index (χ1v) is 8.84. The van der Waals surface area contributed by atoms with Gasteiger partial charge < -0.3 is 15.5 Å². The summed E-state index contributed by atoms with van der Waals surface area (Å²) >= 11 is 1.36. The van der Waals surface area contributed by atoms with Gasteiger partial charge in [0.1, 0.15) is 0 Å². The van der Waals surface area contributed by atoms with Crippen molar-refractivity contribution in [2.75, 3.05) is 39.3 Å². The highest BCUT2D eigenvalue weighted by Gasteiger charge is 2.13. The smallest absolute Gasteiger partial charge is 0.270 e. The van der Waals surface area contributed by atoms with Gasteiger partial charge in [0.05, 0.1) is 9.80 Å². The fourth-order valence-corrected chi connectivity index (χ4v) is 3.74. The summed E-state index contributed by atoms with van der Waals surface area (Å²) in [4.78, 5) is 25.6. The molecule has 8 heteroatoms. The monoisotopic (exact) mass is 348 g/mol. The third-order valence-electron chi connectivity index (χ3n) is 4.08. The third-order valence-corrected chi connectivity index (χ3v) is 5.20. The molecule has 1 fully saturated rings. The SMILES string of the molecule is O=C(NCCCN1CCNCC1)c1cc2cc([N+](=O)[O-])ccc2s1. The lowest BCUT2D eigenvalue weighted by molar-refractivity contribution is -0.384. The minimum atomic E-state index is -0.424. The minimum Gasteiger partial charge on any atom is -0.351 e. The number of thiophene rings is 1. The van der Waals surface area contributed by atoms with Crippen molar-refractivity contribution in [2.24, 2.45) is 0 Å². The summed E-state index contributed by atoms with van der Waals surface area (Å²) in [7, 11) is 0. The molecule has 1 aliphatic heterocycles. The molecule has 0 aliphatic carbocycles. The van der Waals surface area contributed by atoms with Crippen molar-refractivity contribution in [2.45, 2.75) is 6.42 Å². The van der Waals surface area contributed by atoms with E-state index in [0.29, 0.717) is 11.4 Å². The van der Waals surface area contributed by atoms with Gasteiger partial charge in [-0.3, -0.25) is 14.9 Å². The first-order valence-electron chi connectivity index (χ1n) is 8.03. The summed E-state index contributed by atoms with van der Waals surface area (Å²) in [6.07, 6.45) is 0.919. The second-order valence-electron chi connectivity index (χ2n) is 5.79. The fraction of sp³-hybridized carbons (Fsp3) is 0.438. The number of piperazine rings is 1.